The van der Waals surface area contributed by atoms with Crippen LogP contribution in [0.25, 0.3) is 0 Å². The van der Waals surface area contributed by atoms with Crippen molar-refractivity contribution in [3.05, 3.63) is 59.7 Å². The van der Waals surface area contributed by atoms with Gasteiger partial charge in [0.15, 0.2) is 0 Å². The van der Waals surface area contributed by atoms with Crippen LogP contribution in [-0.2, 0) is 15.8 Å². The van der Waals surface area contributed by atoms with Crippen LogP contribution in [0.5, 0.6) is 5.75 Å². The molecule has 1 aliphatic rings. The molecular formula is C19H22N2O4S. The lowest BCUT2D eigenvalue weighted by atomic mass is 10.1. The molecule has 0 aromatic heterocycles. The lowest BCUT2D eigenvalue weighted by Crippen LogP contribution is -2.29. The van der Waals surface area contributed by atoms with Gasteiger partial charge >= 0.3 is 0 Å². The number of amides is 1. The van der Waals surface area contributed by atoms with Crippen LogP contribution < -0.4 is 10.1 Å². The summed E-state index contributed by atoms with van der Waals surface area (Å²) in [5, 5.41) is 2.80. The number of carbonyl (C=O) groups is 1. The highest BCUT2D eigenvalue weighted by Crippen LogP contribution is 2.24. The van der Waals surface area contributed by atoms with Gasteiger partial charge in [-0.2, -0.15) is 0 Å². The molecule has 0 radical (unpaired) electrons. The van der Waals surface area contributed by atoms with E-state index in [4.69, 9.17) is 4.74 Å². The average Bonchev–Trinajstić information content (AvgIpc) is 3.18. The maximum Gasteiger partial charge on any atom is 0.255 e. The van der Waals surface area contributed by atoms with Crippen molar-refractivity contribution in [2.45, 2.75) is 18.6 Å². The highest BCUT2D eigenvalue weighted by atomic mass is 32.2. The normalized spacial score (nSPS) is 15.0. The Kier molecular flexibility index (Phi) is 5.58. The zero-order valence-corrected chi connectivity index (χ0v) is 15.5. The number of hydrogen-bond donors (Lipinski definition) is 1. The monoisotopic (exact) mass is 374 g/mol. The summed E-state index contributed by atoms with van der Waals surface area (Å²) in [5.41, 5.74) is 1.71. The molecule has 2 aromatic rings. The Morgan fingerprint density at radius 3 is 2.38 bits per heavy atom. The summed E-state index contributed by atoms with van der Waals surface area (Å²) in [6.07, 6.45) is 1.84. The summed E-state index contributed by atoms with van der Waals surface area (Å²) in [7, 11) is -1.75. The fourth-order valence-electron chi connectivity index (χ4n) is 2.96. The highest BCUT2D eigenvalue weighted by Gasteiger charge is 2.25. The molecule has 1 heterocycles. The minimum atomic E-state index is -3.29. The molecular weight excluding hydrogens is 352 g/mol. The van der Waals surface area contributed by atoms with E-state index in [0.29, 0.717) is 35.7 Å². The lowest BCUT2D eigenvalue weighted by molar-refractivity contribution is 0.102. The molecule has 1 aliphatic heterocycles. The van der Waals surface area contributed by atoms with E-state index in [2.05, 4.69) is 5.32 Å². The molecule has 0 aliphatic carbocycles. The number of carbonyl (C=O) groups excluding carboxylic acids is 1. The molecule has 0 saturated carbocycles. The zero-order valence-electron chi connectivity index (χ0n) is 14.6. The predicted molar refractivity (Wildman–Crippen MR) is 101 cm³/mol. The Bertz CT molecular complexity index is 873. The Morgan fingerprint density at radius 2 is 1.73 bits per heavy atom. The topological polar surface area (TPSA) is 75.7 Å². The Labute approximate surface area is 153 Å². The molecule has 1 N–H and O–H groups in total. The van der Waals surface area contributed by atoms with Crippen molar-refractivity contribution in [3.63, 3.8) is 0 Å². The van der Waals surface area contributed by atoms with Gasteiger partial charge in [-0.15, -0.1) is 0 Å². The quantitative estimate of drug-likeness (QED) is 0.844. The molecule has 2 aromatic carbocycles. The number of nitrogens with zero attached hydrogens (tertiary/aromatic N) is 1. The third-order valence-corrected chi connectivity index (χ3v) is 6.23. The number of anilines is 1. The summed E-state index contributed by atoms with van der Waals surface area (Å²) in [5.74, 6) is 0.263. The summed E-state index contributed by atoms with van der Waals surface area (Å²) in [4.78, 5) is 12.4. The number of methoxy groups -OCH3 is 1. The summed E-state index contributed by atoms with van der Waals surface area (Å²) < 4.78 is 31.5. The minimum Gasteiger partial charge on any atom is -0.495 e. The van der Waals surface area contributed by atoms with E-state index in [-0.39, 0.29) is 11.7 Å². The van der Waals surface area contributed by atoms with Crippen LogP contribution in [-0.4, -0.2) is 38.8 Å². The molecule has 0 atom stereocenters. The van der Waals surface area contributed by atoms with Crippen molar-refractivity contribution >= 4 is 21.6 Å². The molecule has 138 valence electrons. The molecule has 0 bridgehead atoms. The molecule has 1 amide bonds. The molecule has 3 rings (SSSR count). The van der Waals surface area contributed by atoms with E-state index in [1.165, 1.54) is 4.31 Å². The first-order valence-corrected chi connectivity index (χ1v) is 10.1. The van der Waals surface area contributed by atoms with Crippen molar-refractivity contribution in [1.29, 1.82) is 0 Å². The second-order valence-electron chi connectivity index (χ2n) is 6.21. The Hall–Kier alpha value is -2.38. The maximum absolute atomic E-state index is 12.4. The second kappa shape index (κ2) is 7.88. The van der Waals surface area contributed by atoms with Crippen molar-refractivity contribution in [1.82, 2.24) is 4.31 Å². The van der Waals surface area contributed by atoms with Crippen molar-refractivity contribution in [2.75, 3.05) is 25.5 Å². The SMILES string of the molecule is COc1ccccc1NC(=O)c1ccc(CS(=O)(=O)N2CCCC2)cc1. The van der Waals surface area contributed by atoms with Crippen LogP contribution >= 0.6 is 0 Å². The van der Waals surface area contributed by atoms with Crippen LogP contribution in [0, 0.1) is 0 Å². The van der Waals surface area contributed by atoms with Crippen LogP contribution in [0.1, 0.15) is 28.8 Å². The van der Waals surface area contributed by atoms with Gasteiger partial charge in [0.1, 0.15) is 5.75 Å². The van der Waals surface area contributed by atoms with Crippen LogP contribution in [0.2, 0.25) is 0 Å². The van der Waals surface area contributed by atoms with Gasteiger partial charge in [-0.05, 0) is 42.7 Å². The molecule has 1 fully saturated rings. The smallest absolute Gasteiger partial charge is 0.255 e. The molecule has 6 nitrogen and oxygen atoms in total. The summed E-state index contributed by atoms with van der Waals surface area (Å²) >= 11 is 0. The Morgan fingerprint density at radius 1 is 1.08 bits per heavy atom. The van der Waals surface area contributed by atoms with E-state index in [0.717, 1.165) is 12.8 Å². The number of ether oxygens (including phenoxy) is 1. The molecule has 0 spiro atoms. The van der Waals surface area contributed by atoms with Crippen molar-refractivity contribution in [2.24, 2.45) is 0 Å². The Balaban J connectivity index is 1.68. The summed E-state index contributed by atoms with van der Waals surface area (Å²) in [6.45, 7) is 1.20. The fraction of sp³-hybridized carbons (Fsp3) is 0.316. The lowest BCUT2D eigenvalue weighted by Gasteiger charge is -2.15. The predicted octanol–water partition coefficient (Wildman–Crippen LogP) is 2.87. The highest BCUT2D eigenvalue weighted by molar-refractivity contribution is 7.88. The third-order valence-electron chi connectivity index (χ3n) is 4.38. The van der Waals surface area contributed by atoms with E-state index in [9.17, 15) is 13.2 Å². The van der Waals surface area contributed by atoms with Gasteiger partial charge < -0.3 is 10.1 Å². The van der Waals surface area contributed by atoms with Gasteiger partial charge in [0.05, 0.1) is 18.6 Å². The van der Waals surface area contributed by atoms with Crippen LogP contribution in [0.3, 0.4) is 0 Å². The molecule has 1 saturated heterocycles. The number of sulfonamides is 1. The number of hydrogen-bond acceptors (Lipinski definition) is 4. The number of para-hydroxylation sites is 2. The molecule has 26 heavy (non-hydrogen) atoms. The third kappa shape index (κ3) is 4.23. The maximum atomic E-state index is 12.4. The minimum absolute atomic E-state index is 0.0403. The fourth-order valence-corrected chi connectivity index (χ4v) is 4.57. The van der Waals surface area contributed by atoms with Crippen molar-refractivity contribution < 1.29 is 17.9 Å². The standard InChI is InChI=1S/C19H22N2O4S/c1-25-18-7-3-2-6-17(18)20-19(22)16-10-8-15(9-11-16)14-26(23,24)21-12-4-5-13-21/h2-3,6-11H,4-5,12-14H2,1H3,(H,20,22). The average molecular weight is 374 g/mol. The largest absolute Gasteiger partial charge is 0.495 e. The van der Waals surface area contributed by atoms with Crippen LogP contribution in [0.15, 0.2) is 48.5 Å². The molecule has 0 unspecified atom stereocenters. The van der Waals surface area contributed by atoms with Gasteiger partial charge in [0.2, 0.25) is 10.0 Å². The number of benzene rings is 2. The second-order valence-corrected chi connectivity index (χ2v) is 8.18. The molecule has 7 heteroatoms. The van der Waals surface area contributed by atoms with E-state index >= 15 is 0 Å². The number of nitrogens with one attached hydrogen (secondary N) is 1. The van der Waals surface area contributed by atoms with E-state index in [1.54, 1.807) is 43.5 Å². The summed E-state index contributed by atoms with van der Waals surface area (Å²) in [6, 6.07) is 13.8. The van der Waals surface area contributed by atoms with Crippen LogP contribution in [0.4, 0.5) is 5.69 Å². The van der Waals surface area contributed by atoms with E-state index < -0.39 is 10.0 Å². The van der Waals surface area contributed by atoms with Crippen molar-refractivity contribution in [3.8, 4) is 5.75 Å². The zero-order chi connectivity index (χ0) is 18.6. The van der Waals surface area contributed by atoms with E-state index in [1.807, 2.05) is 12.1 Å². The first kappa shape index (κ1) is 18.4. The van der Waals surface area contributed by atoms with Gasteiger partial charge in [-0.1, -0.05) is 24.3 Å². The first-order valence-electron chi connectivity index (χ1n) is 8.51. The van der Waals surface area contributed by atoms with Gasteiger partial charge in [-0.25, -0.2) is 12.7 Å². The van der Waals surface area contributed by atoms with Gasteiger partial charge in [-0.3, -0.25) is 4.79 Å². The number of rotatable bonds is 6. The van der Waals surface area contributed by atoms with Gasteiger partial charge in [0.25, 0.3) is 5.91 Å². The first-order chi connectivity index (χ1) is 12.5. The van der Waals surface area contributed by atoms with Gasteiger partial charge in [0, 0.05) is 18.7 Å².